The number of para-hydroxylation sites is 2. The van der Waals surface area contributed by atoms with E-state index in [4.69, 9.17) is 11.6 Å². The number of hydrogen-bond acceptors (Lipinski definition) is 6. The molecule has 166 valence electrons. The summed E-state index contributed by atoms with van der Waals surface area (Å²) in [7, 11) is 1.92. The lowest BCUT2D eigenvalue weighted by atomic mass is 10.2. The number of imidazole rings is 1. The minimum atomic E-state index is -0.305. The number of fused-ring (bicyclic) bond motifs is 2. The van der Waals surface area contributed by atoms with Crippen molar-refractivity contribution in [2.75, 3.05) is 5.75 Å². The monoisotopic (exact) mass is 479 g/mol. The van der Waals surface area contributed by atoms with E-state index in [0.717, 1.165) is 16.9 Å². The number of aromatic nitrogens is 6. The summed E-state index contributed by atoms with van der Waals surface area (Å²) >= 11 is 7.30. The fourth-order valence-electron chi connectivity index (χ4n) is 3.45. The number of benzene rings is 2. The third kappa shape index (κ3) is 4.35. The van der Waals surface area contributed by atoms with Gasteiger partial charge in [0.15, 0.2) is 16.6 Å². The highest BCUT2D eigenvalue weighted by atomic mass is 35.5. The summed E-state index contributed by atoms with van der Waals surface area (Å²) in [4.78, 5) is 38.0. The maximum Gasteiger partial charge on any atom is 0.266 e. The van der Waals surface area contributed by atoms with Gasteiger partial charge in [0.25, 0.3) is 5.56 Å². The average Bonchev–Trinajstić information content (AvgIpc) is 3.35. The van der Waals surface area contributed by atoms with Gasteiger partial charge < -0.3 is 9.88 Å². The lowest BCUT2D eigenvalue weighted by Crippen LogP contribution is -2.26. The van der Waals surface area contributed by atoms with E-state index in [1.165, 1.54) is 22.3 Å². The molecule has 33 heavy (non-hydrogen) atoms. The predicted octanol–water partition coefficient (Wildman–Crippen LogP) is 3.03. The molecule has 1 amide bonds. The quantitative estimate of drug-likeness (QED) is 0.362. The highest BCUT2D eigenvalue weighted by Crippen LogP contribution is 2.23. The van der Waals surface area contributed by atoms with E-state index in [1.54, 1.807) is 18.2 Å². The molecular formula is C22H18ClN7O2S. The number of halogens is 1. The molecule has 0 aliphatic heterocycles. The van der Waals surface area contributed by atoms with Crippen LogP contribution in [0.15, 0.2) is 64.5 Å². The van der Waals surface area contributed by atoms with Gasteiger partial charge >= 0.3 is 0 Å². The number of H-pyrrole nitrogens is 1. The number of nitrogens with one attached hydrogen (secondary N) is 2. The Hall–Kier alpha value is -3.63. The van der Waals surface area contributed by atoms with Crippen molar-refractivity contribution in [1.29, 1.82) is 0 Å². The minimum Gasteiger partial charge on any atom is -0.348 e. The largest absolute Gasteiger partial charge is 0.348 e. The van der Waals surface area contributed by atoms with Crippen molar-refractivity contribution in [3.8, 4) is 11.4 Å². The van der Waals surface area contributed by atoms with Crippen LogP contribution >= 0.6 is 23.4 Å². The van der Waals surface area contributed by atoms with Gasteiger partial charge in [-0.2, -0.15) is 0 Å². The van der Waals surface area contributed by atoms with Crippen LogP contribution in [-0.4, -0.2) is 40.8 Å². The first kappa shape index (κ1) is 21.2. The van der Waals surface area contributed by atoms with Crippen LogP contribution in [0.1, 0.15) is 5.82 Å². The van der Waals surface area contributed by atoms with Gasteiger partial charge in [-0.1, -0.05) is 47.6 Å². The van der Waals surface area contributed by atoms with E-state index in [0.29, 0.717) is 33.8 Å². The van der Waals surface area contributed by atoms with Crippen molar-refractivity contribution in [2.24, 2.45) is 7.05 Å². The van der Waals surface area contributed by atoms with Crippen LogP contribution in [-0.2, 0) is 18.4 Å². The molecule has 0 unspecified atom stereocenters. The van der Waals surface area contributed by atoms with Crippen molar-refractivity contribution >= 4 is 46.0 Å². The summed E-state index contributed by atoms with van der Waals surface area (Å²) in [5, 5.41) is 6.55. The first-order valence-corrected chi connectivity index (χ1v) is 11.4. The maximum absolute atomic E-state index is 12.5. The zero-order valence-electron chi connectivity index (χ0n) is 17.4. The van der Waals surface area contributed by atoms with Gasteiger partial charge in [-0.3, -0.25) is 14.7 Å². The second-order valence-corrected chi connectivity index (χ2v) is 8.67. The standard InChI is InChI=1S/C22H18ClN7O2S/c1-29-16-8-3-2-7-15(16)25-18(29)11-24-20(32)12-33-22-27-21(13-5-4-6-14(23)9-13)26-17-10-19(31)28-30(17)22/h2-10H,11-12H2,1H3,(H,24,32)(H,28,31). The summed E-state index contributed by atoms with van der Waals surface area (Å²) in [6.07, 6.45) is 0. The van der Waals surface area contributed by atoms with E-state index in [2.05, 4.69) is 25.4 Å². The molecule has 0 spiro atoms. The third-order valence-electron chi connectivity index (χ3n) is 5.06. The van der Waals surface area contributed by atoms with E-state index in [9.17, 15) is 9.59 Å². The molecule has 0 aliphatic carbocycles. The molecule has 0 atom stereocenters. The Morgan fingerprint density at radius 2 is 1.97 bits per heavy atom. The molecule has 3 heterocycles. The van der Waals surface area contributed by atoms with Gasteiger partial charge in [0.1, 0.15) is 5.82 Å². The van der Waals surface area contributed by atoms with E-state index in [1.807, 2.05) is 41.9 Å². The number of hydrogen-bond donors (Lipinski definition) is 2. The first-order chi connectivity index (χ1) is 16.0. The van der Waals surface area contributed by atoms with Gasteiger partial charge in [-0.15, -0.1) is 0 Å². The van der Waals surface area contributed by atoms with Gasteiger partial charge in [0, 0.05) is 23.7 Å². The molecule has 0 aliphatic rings. The number of thioether (sulfide) groups is 1. The molecule has 2 N–H and O–H groups in total. The highest BCUT2D eigenvalue weighted by molar-refractivity contribution is 7.99. The number of nitrogens with zero attached hydrogens (tertiary/aromatic N) is 5. The first-order valence-electron chi connectivity index (χ1n) is 10.0. The third-order valence-corrected chi connectivity index (χ3v) is 6.24. The second-order valence-electron chi connectivity index (χ2n) is 7.30. The Morgan fingerprint density at radius 1 is 1.12 bits per heavy atom. The summed E-state index contributed by atoms with van der Waals surface area (Å²) in [6, 6.07) is 16.3. The van der Waals surface area contributed by atoms with Crippen LogP contribution < -0.4 is 10.9 Å². The van der Waals surface area contributed by atoms with Crippen molar-refractivity contribution < 1.29 is 4.79 Å². The number of amides is 1. The normalized spacial score (nSPS) is 11.3. The van der Waals surface area contributed by atoms with Crippen molar-refractivity contribution in [3.63, 3.8) is 0 Å². The smallest absolute Gasteiger partial charge is 0.266 e. The second kappa shape index (κ2) is 8.72. The molecule has 9 nitrogen and oxygen atoms in total. The number of aromatic amines is 1. The zero-order chi connectivity index (χ0) is 22.9. The minimum absolute atomic E-state index is 0.102. The Morgan fingerprint density at radius 3 is 2.79 bits per heavy atom. The van der Waals surface area contributed by atoms with Gasteiger partial charge in [0.05, 0.1) is 23.3 Å². The topological polar surface area (TPSA) is 110 Å². The molecular weight excluding hydrogens is 462 g/mol. The number of rotatable bonds is 6. The number of carbonyl (C=O) groups is 1. The van der Waals surface area contributed by atoms with Crippen LogP contribution in [0.25, 0.3) is 28.1 Å². The highest BCUT2D eigenvalue weighted by Gasteiger charge is 2.14. The lowest BCUT2D eigenvalue weighted by Gasteiger charge is -2.08. The van der Waals surface area contributed by atoms with Crippen molar-refractivity contribution in [1.82, 2.24) is 34.4 Å². The Balaban J connectivity index is 1.33. The van der Waals surface area contributed by atoms with Crippen molar-refractivity contribution in [3.05, 3.63) is 75.8 Å². The average molecular weight is 480 g/mol. The van der Waals surface area contributed by atoms with Gasteiger partial charge in [-0.25, -0.2) is 19.5 Å². The summed E-state index contributed by atoms with van der Waals surface area (Å²) in [5.41, 5.74) is 2.71. The predicted molar refractivity (Wildman–Crippen MR) is 127 cm³/mol. The van der Waals surface area contributed by atoms with E-state index >= 15 is 0 Å². The summed E-state index contributed by atoms with van der Waals surface area (Å²) in [6.45, 7) is 0.303. The Labute approximate surface area is 196 Å². The van der Waals surface area contributed by atoms with Gasteiger partial charge in [-0.05, 0) is 24.3 Å². The molecule has 0 radical (unpaired) electrons. The van der Waals surface area contributed by atoms with Crippen LogP contribution in [0.3, 0.4) is 0 Å². The van der Waals surface area contributed by atoms with Crippen LogP contribution in [0.5, 0.6) is 0 Å². The Bertz CT molecular complexity index is 1560. The van der Waals surface area contributed by atoms with Crippen molar-refractivity contribution in [2.45, 2.75) is 11.7 Å². The molecule has 0 saturated carbocycles. The van der Waals surface area contributed by atoms with Gasteiger partial charge in [0.2, 0.25) is 5.91 Å². The molecule has 5 rings (SSSR count). The fourth-order valence-corrected chi connectivity index (χ4v) is 4.42. The summed E-state index contributed by atoms with van der Waals surface area (Å²) < 4.78 is 3.43. The van der Waals surface area contributed by atoms with E-state index in [-0.39, 0.29) is 17.2 Å². The molecule has 11 heteroatoms. The molecule has 0 saturated heterocycles. The Kier molecular flexibility index (Phi) is 5.61. The van der Waals surface area contributed by atoms with Crippen LogP contribution in [0.4, 0.5) is 0 Å². The summed E-state index contributed by atoms with van der Waals surface area (Å²) in [5.74, 6) is 1.10. The molecule has 0 fully saturated rings. The number of carbonyl (C=O) groups excluding carboxylic acids is 1. The van der Waals surface area contributed by atoms with Crippen LogP contribution in [0.2, 0.25) is 5.02 Å². The molecule has 5 aromatic rings. The molecule has 3 aromatic heterocycles. The fraction of sp³-hybridized carbons (Fsp3) is 0.136. The molecule has 2 aromatic carbocycles. The van der Waals surface area contributed by atoms with E-state index < -0.39 is 0 Å². The van der Waals surface area contributed by atoms with Crippen LogP contribution in [0, 0.1) is 0 Å². The lowest BCUT2D eigenvalue weighted by molar-refractivity contribution is -0.118. The maximum atomic E-state index is 12.5. The SMILES string of the molecule is Cn1c(CNC(=O)CSc2nc(-c3cccc(Cl)c3)nc3cc(=O)[nH]n23)nc2ccccc21. The number of aryl methyl sites for hydroxylation is 1. The molecule has 0 bridgehead atoms. The zero-order valence-corrected chi connectivity index (χ0v) is 19.0.